The summed E-state index contributed by atoms with van der Waals surface area (Å²) < 4.78 is 7.92. The molecule has 26 heavy (non-hydrogen) atoms. The third kappa shape index (κ3) is 3.67. The molecule has 1 aliphatic heterocycles. The van der Waals surface area contributed by atoms with Crippen LogP contribution in [-0.4, -0.2) is 32.8 Å². The van der Waals surface area contributed by atoms with Crippen molar-refractivity contribution in [3.63, 3.8) is 0 Å². The second-order valence-electron chi connectivity index (χ2n) is 6.44. The number of ether oxygens (including phenoxy) is 1. The van der Waals surface area contributed by atoms with Gasteiger partial charge in [-0.15, -0.1) is 0 Å². The van der Waals surface area contributed by atoms with Crippen molar-refractivity contribution in [2.75, 3.05) is 18.8 Å². The van der Waals surface area contributed by atoms with Crippen molar-refractivity contribution in [1.29, 1.82) is 0 Å². The van der Waals surface area contributed by atoms with E-state index in [1.807, 2.05) is 24.4 Å². The Morgan fingerprint density at radius 1 is 1.15 bits per heavy atom. The summed E-state index contributed by atoms with van der Waals surface area (Å²) in [6.45, 7) is 2.50. The van der Waals surface area contributed by atoms with E-state index < -0.39 is 0 Å². The number of piperidine rings is 1. The van der Waals surface area contributed by atoms with Gasteiger partial charge in [-0.2, -0.15) is 5.10 Å². The highest BCUT2D eigenvalue weighted by atomic mass is 16.5. The molecule has 4 rings (SSSR count). The molecule has 0 atom stereocenters. The Morgan fingerprint density at radius 2 is 1.96 bits per heavy atom. The molecule has 0 radical (unpaired) electrons. The first-order valence-corrected chi connectivity index (χ1v) is 8.82. The van der Waals surface area contributed by atoms with Crippen LogP contribution >= 0.6 is 0 Å². The van der Waals surface area contributed by atoms with Crippen molar-refractivity contribution in [2.24, 2.45) is 0 Å². The summed E-state index contributed by atoms with van der Waals surface area (Å²) >= 11 is 0. The van der Waals surface area contributed by atoms with E-state index in [1.165, 1.54) is 0 Å². The smallest absolute Gasteiger partial charge is 0.166 e. The van der Waals surface area contributed by atoms with E-state index in [0.717, 1.165) is 42.6 Å². The third-order valence-electron chi connectivity index (χ3n) is 4.64. The van der Waals surface area contributed by atoms with Crippen molar-refractivity contribution < 1.29 is 4.74 Å². The highest BCUT2D eigenvalue weighted by Gasteiger charge is 2.16. The molecule has 1 fully saturated rings. The van der Waals surface area contributed by atoms with Crippen molar-refractivity contribution in [3.05, 3.63) is 54.7 Å². The molecule has 0 bridgehead atoms. The van der Waals surface area contributed by atoms with Crippen LogP contribution in [-0.2, 0) is 6.61 Å². The van der Waals surface area contributed by atoms with E-state index in [0.29, 0.717) is 24.2 Å². The molecule has 0 amide bonds. The fraction of sp³-hybridized carbons (Fsp3) is 0.316. The summed E-state index contributed by atoms with van der Waals surface area (Å²) in [6, 6.07) is 6.20. The monoisotopic (exact) mass is 350 g/mol. The highest BCUT2D eigenvalue weighted by Crippen LogP contribution is 2.28. The number of aromatic nitrogens is 4. The average Bonchev–Trinajstić information content (AvgIpc) is 3.19. The predicted molar refractivity (Wildman–Crippen MR) is 99.6 cm³/mol. The second kappa shape index (κ2) is 7.53. The van der Waals surface area contributed by atoms with Gasteiger partial charge in [0.2, 0.25) is 0 Å². The zero-order valence-corrected chi connectivity index (χ0v) is 14.5. The summed E-state index contributed by atoms with van der Waals surface area (Å²) in [5.74, 6) is 0.961. The summed E-state index contributed by atoms with van der Waals surface area (Å²) in [5, 5.41) is 7.92. The van der Waals surface area contributed by atoms with Gasteiger partial charge in [0, 0.05) is 35.9 Å². The molecule has 4 heterocycles. The zero-order valence-electron chi connectivity index (χ0n) is 14.5. The lowest BCUT2D eigenvalue weighted by Crippen LogP contribution is -2.29. The average molecular weight is 350 g/mol. The van der Waals surface area contributed by atoms with Crippen LogP contribution in [0.2, 0.25) is 0 Å². The van der Waals surface area contributed by atoms with Crippen LogP contribution in [0.5, 0.6) is 5.75 Å². The van der Waals surface area contributed by atoms with Crippen LogP contribution in [0, 0.1) is 0 Å². The number of anilines is 1. The zero-order chi connectivity index (χ0) is 17.8. The SMILES string of the molecule is Nc1ncc(-c2cnn(C3CCNCC3)c2)cc1OCc1ccncc1. The summed E-state index contributed by atoms with van der Waals surface area (Å²) in [5.41, 5.74) is 8.98. The minimum absolute atomic E-state index is 0.383. The third-order valence-corrected chi connectivity index (χ3v) is 4.64. The standard InChI is InChI=1S/C19H22N6O/c20-19-18(26-13-14-1-5-21-6-2-14)9-15(10-23-19)16-11-24-25(12-16)17-3-7-22-8-4-17/h1-2,5-6,9-12,17,22H,3-4,7-8,13H2,(H2,20,23). The van der Waals surface area contributed by atoms with Gasteiger partial charge in [0.25, 0.3) is 0 Å². The molecule has 1 aliphatic rings. The van der Waals surface area contributed by atoms with Gasteiger partial charge in [0.1, 0.15) is 6.61 Å². The highest BCUT2D eigenvalue weighted by molar-refractivity contribution is 5.65. The predicted octanol–water partition coefficient (Wildman–Crippen LogP) is 2.43. The lowest BCUT2D eigenvalue weighted by Gasteiger charge is -2.22. The lowest BCUT2D eigenvalue weighted by atomic mass is 10.1. The summed E-state index contributed by atoms with van der Waals surface area (Å²) in [7, 11) is 0. The Bertz CT molecular complexity index is 857. The maximum Gasteiger partial charge on any atom is 0.166 e. The summed E-state index contributed by atoms with van der Waals surface area (Å²) in [6.07, 6.45) is 11.4. The molecular formula is C19H22N6O. The number of pyridine rings is 2. The van der Waals surface area contributed by atoms with Crippen LogP contribution in [0.4, 0.5) is 5.82 Å². The van der Waals surface area contributed by atoms with Crippen molar-refractivity contribution in [2.45, 2.75) is 25.5 Å². The second-order valence-corrected chi connectivity index (χ2v) is 6.44. The first-order chi connectivity index (χ1) is 12.8. The van der Waals surface area contributed by atoms with E-state index in [-0.39, 0.29) is 0 Å². The largest absolute Gasteiger partial charge is 0.485 e. The molecule has 3 N–H and O–H groups in total. The van der Waals surface area contributed by atoms with Gasteiger partial charge in [0.15, 0.2) is 11.6 Å². The van der Waals surface area contributed by atoms with Gasteiger partial charge in [-0.25, -0.2) is 4.98 Å². The van der Waals surface area contributed by atoms with Gasteiger partial charge < -0.3 is 15.8 Å². The topological polar surface area (TPSA) is 90.9 Å². The maximum atomic E-state index is 5.98. The van der Waals surface area contributed by atoms with Crippen LogP contribution in [0.1, 0.15) is 24.4 Å². The Morgan fingerprint density at radius 3 is 2.77 bits per heavy atom. The molecule has 0 aliphatic carbocycles. The number of rotatable bonds is 5. The first-order valence-electron chi connectivity index (χ1n) is 8.82. The van der Waals surface area contributed by atoms with Gasteiger partial charge in [0.05, 0.1) is 12.2 Å². The van der Waals surface area contributed by atoms with Gasteiger partial charge in [-0.1, -0.05) is 0 Å². The van der Waals surface area contributed by atoms with Crippen LogP contribution < -0.4 is 15.8 Å². The number of nitrogens with one attached hydrogen (secondary N) is 1. The molecule has 1 saturated heterocycles. The fourth-order valence-electron chi connectivity index (χ4n) is 3.13. The van der Waals surface area contributed by atoms with E-state index in [9.17, 15) is 0 Å². The van der Waals surface area contributed by atoms with Crippen LogP contribution in [0.25, 0.3) is 11.1 Å². The van der Waals surface area contributed by atoms with Crippen LogP contribution in [0.15, 0.2) is 49.2 Å². The van der Waals surface area contributed by atoms with E-state index in [1.54, 1.807) is 18.6 Å². The Hall–Kier alpha value is -2.93. The number of nitrogens with two attached hydrogens (primary N) is 1. The maximum absolute atomic E-state index is 5.98. The Kier molecular flexibility index (Phi) is 4.79. The van der Waals surface area contributed by atoms with Crippen molar-refractivity contribution in [3.8, 4) is 16.9 Å². The summed E-state index contributed by atoms with van der Waals surface area (Å²) in [4.78, 5) is 8.29. The number of nitrogens with zero attached hydrogens (tertiary/aromatic N) is 4. The van der Waals surface area contributed by atoms with E-state index in [2.05, 4.69) is 31.3 Å². The molecule has 0 spiro atoms. The minimum atomic E-state index is 0.383. The minimum Gasteiger partial charge on any atom is -0.485 e. The molecule has 0 unspecified atom stereocenters. The number of hydrogen-bond donors (Lipinski definition) is 2. The lowest BCUT2D eigenvalue weighted by molar-refractivity contribution is 0.307. The van der Waals surface area contributed by atoms with Gasteiger partial charge in [-0.3, -0.25) is 9.67 Å². The van der Waals surface area contributed by atoms with Crippen molar-refractivity contribution >= 4 is 5.82 Å². The molecule has 134 valence electrons. The molecule has 0 saturated carbocycles. The Labute approximate surface area is 152 Å². The fourth-order valence-corrected chi connectivity index (χ4v) is 3.13. The van der Waals surface area contributed by atoms with Crippen molar-refractivity contribution in [1.82, 2.24) is 25.1 Å². The molecular weight excluding hydrogens is 328 g/mol. The van der Waals surface area contributed by atoms with E-state index in [4.69, 9.17) is 10.5 Å². The van der Waals surface area contributed by atoms with Crippen LogP contribution in [0.3, 0.4) is 0 Å². The molecule has 3 aromatic rings. The quantitative estimate of drug-likeness (QED) is 0.734. The molecule has 7 heteroatoms. The van der Waals surface area contributed by atoms with Gasteiger partial charge in [-0.05, 0) is 49.7 Å². The number of hydrogen-bond acceptors (Lipinski definition) is 6. The van der Waals surface area contributed by atoms with Gasteiger partial charge >= 0.3 is 0 Å². The first kappa shape index (κ1) is 16.5. The Balaban J connectivity index is 1.51. The van der Waals surface area contributed by atoms with E-state index >= 15 is 0 Å². The molecule has 3 aromatic heterocycles. The number of nitrogen functional groups attached to an aromatic ring is 1. The normalized spacial score (nSPS) is 15.1. The molecule has 7 nitrogen and oxygen atoms in total. The molecule has 0 aromatic carbocycles.